The van der Waals surface area contributed by atoms with Crippen molar-refractivity contribution in [3.63, 3.8) is 0 Å². The number of halogens is 2. The second-order valence-electron chi connectivity index (χ2n) is 10.5. The summed E-state index contributed by atoms with van der Waals surface area (Å²) in [6.45, 7) is 3.40. The first kappa shape index (κ1) is 28.8. The van der Waals surface area contributed by atoms with Crippen LogP contribution in [0.2, 0.25) is 0 Å². The third kappa shape index (κ3) is 5.60. The Morgan fingerprint density at radius 2 is 1.93 bits per heavy atom. The fourth-order valence-electron chi connectivity index (χ4n) is 5.10. The van der Waals surface area contributed by atoms with E-state index >= 15 is 8.78 Å². The van der Waals surface area contributed by atoms with Crippen LogP contribution >= 0.6 is 11.3 Å². The maximum Gasteiger partial charge on any atom is 0.355 e. The Balaban J connectivity index is 1.57. The third-order valence-corrected chi connectivity index (χ3v) is 9.15. The number of hydrogen-bond donors (Lipinski definition) is 2. The number of nitrogens with zero attached hydrogens (tertiary/aromatic N) is 4. The van der Waals surface area contributed by atoms with Crippen LogP contribution in [0.25, 0.3) is 27.5 Å². The van der Waals surface area contributed by atoms with E-state index in [1.807, 2.05) is 0 Å². The lowest BCUT2D eigenvalue weighted by Gasteiger charge is -2.11. The van der Waals surface area contributed by atoms with E-state index in [0.717, 1.165) is 30.2 Å². The Kier molecular flexibility index (Phi) is 7.22. The molecule has 0 atom stereocenters. The predicted octanol–water partition coefficient (Wildman–Crippen LogP) is 5.43. The molecule has 1 aliphatic carbocycles. The first-order chi connectivity index (χ1) is 20.4. The van der Waals surface area contributed by atoms with Gasteiger partial charge in [-0.15, -0.1) is 11.3 Å². The summed E-state index contributed by atoms with van der Waals surface area (Å²) in [5, 5.41) is 25.2. The van der Waals surface area contributed by atoms with Crippen LogP contribution in [0, 0.1) is 31.4 Å². The number of aromatic nitrogens is 4. The molecular formula is C29H25F2N5O5S2. The van der Waals surface area contributed by atoms with Crippen molar-refractivity contribution in [3.8, 4) is 27.5 Å². The quantitative estimate of drug-likeness (QED) is 0.220. The van der Waals surface area contributed by atoms with Gasteiger partial charge in [-0.2, -0.15) is 5.10 Å². The molecule has 0 radical (unpaired) electrons. The fourth-order valence-corrected chi connectivity index (χ4v) is 6.39. The summed E-state index contributed by atoms with van der Waals surface area (Å²) in [4.78, 5) is 15.5. The average Bonchev–Trinajstić information content (AvgIpc) is 3.34. The number of aryl methyl sites for hydroxylation is 2. The molecule has 0 unspecified atom stereocenters. The number of primary sulfonamides is 1. The predicted molar refractivity (Wildman–Crippen MR) is 154 cm³/mol. The first-order valence-corrected chi connectivity index (χ1v) is 15.7. The van der Waals surface area contributed by atoms with Crippen molar-refractivity contribution in [1.29, 1.82) is 0 Å². The van der Waals surface area contributed by atoms with Crippen LogP contribution in [0.4, 0.5) is 8.78 Å². The highest BCUT2D eigenvalue weighted by Crippen LogP contribution is 2.40. The van der Waals surface area contributed by atoms with Gasteiger partial charge in [0.1, 0.15) is 17.4 Å². The van der Waals surface area contributed by atoms with Crippen molar-refractivity contribution in [3.05, 3.63) is 87.4 Å². The number of carboxylic acid groups (broad SMARTS) is 1. The van der Waals surface area contributed by atoms with E-state index in [4.69, 9.17) is 14.8 Å². The molecule has 3 N–H and O–H groups in total. The monoisotopic (exact) mass is 625 g/mol. The molecule has 43 heavy (non-hydrogen) atoms. The molecule has 6 rings (SSSR count). The van der Waals surface area contributed by atoms with Crippen molar-refractivity contribution < 1.29 is 31.6 Å². The van der Waals surface area contributed by atoms with Gasteiger partial charge in [-0.1, -0.05) is 11.2 Å². The zero-order chi connectivity index (χ0) is 30.6. The molecule has 14 heteroatoms. The topological polar surface area (TPSA) is 154 Å². The van der Waals surface area contributed by atoms with Crippen molar-refractivity contribution in [2.75, 3.05) is 0 Å². The Morgan fingerprint density at radius 3 is 2.53 bits per heavy atom. The maximum absolute atomic E-state index is 15.3. The zero-order valence-corrected chi connectivity index (χ0v) is 24.6. The number of hydrogen-bond acceptors (Lipinski definition) is 8. The van der Waals surface area contributed by atoms with Crippen molar-refractivity contribution in [2.45, 2.75) is 44.4 Å². The minimum atomic E-state index is -4.12. The van der Waals surface area contributed by atoms with Crippen molar-refractivity contribution >= 4 is 27.3 Å². The minimum absolute atomic E-state index is 0.0172. The molecule has 0 amide bonds. The summed E-state index contributed by atoms with van der Waals surface area (Å²) < 4.78 is 61.0. The van der Waals surface area contributed by atoms with Crippen LogP contribution < -0.4 is 5.14 Å². The van der Waals surface area contributed by atoms with E-state index in [0.29, 0.717) is 57.0 Å². The highest BCUT2D eigenvalue weighted by molar-refractivity contribution is 7.89. The Bertz CT molecular complexity index is 1990. The molecular weight excluding hydrogens is 600 g/mol. The van der Waals surface area contributed by atoms with Gasteiger partial charge in [0.15, 0.2) is 5.69 Å². The summed E-state index contributed by atoms with van der Waals surface area (Å²) in [6.07, 6.45) is 2.56. The van der Waals surface area contributed by atoms with Crippen LogP contribution in [0.3, 0.4) is 0 Å². The second kappa shape index (κ2) is 10.8. The number of sulfonamides is 1. The zero-order valence-electron chi connectivity index (χ0n) is 23.0. The van der Waals surface area contributed by atoms with Crippen molar-refractivity contribution in [1.82, 2.24) is 19.9 Å². The number of benzene rings is 2. The second-order valence-corrected chi connectivity index (χ2v) is 12.9. The average molecular weight is 626 g/mol. The number of aromatic carboxylic acids is 1. The van der Waals surface area contributed by atoms with Gasteiger partial charge < -0.3 is 9.63 Å². The molecule has 1 saturated carbocycles. The van der Waals surface area contributed by atoms with Gasteiger partial charge in [0.25, 0.3) is 0 Å². The Hall–Kier alpha value is -4.27. The van der Waals surface area contributed by atoms with Crippen molar-refractivity contribution in [2.24, 2.45) is 11.1 Å². The molecule has 1 fully saturated rings. The van der Waals surface area contributed by atoms with Gasteiger partial charge in [-0.25, -0.2) is 36.8 Å². The molecule has 1 aliphatic rings. The van der Waals surface area contributed by atoms with E-state index < -0.39 is 27.6 Å². The van der Waals surface area contributed by atoms with Crippen LogP contribution in [0.5, 0.6) is 0 Å². The smallest absolute Gasteiger partial charge is 0.355 e. The fraction of sp³-hybridized carbons (Fsp3) is 0.241. The molecule has 3 heterocycles. The SMILES string of the molecule is Cc1noc(C)c1-c1cc(-c2nn(-c3nc(C(=O)O)cs3)c(CC3CC3)c2Cc2ccc(S(N)(=O)=O)cc2F)ccc1F. The number of nitrogens with two attached hydrogens (primary N) is 1. The lowest BCUT2D eigenvalue weighted by Crippen LogP contribution is -2.13. The number of thiazole rings is 1. The van der Waals surface area contributed by atoms with Gasteiger partial charge in [-0.3, -0.25) is 0 Å². The van der Waals surface area contributed by atoms with E-state index in [9.17, 15) is 18.3 Å². The standard InChI is InChI=1S/C29H25F2N5O5S2/c1-14-26(15(2)41-35-14)20-11-18(6-8-22(20)30)27-21(10-17-5-7-19(12-23(17)31)43(32,39)40)25(9-16-3-4-16)36(34-27)29-33-24(13-42-29)28(37)38/h5-8,11-13,16H,3-4,9-10H2,1-2H3,(H,37,38)(H2,32,39,40). The number of rotatable bonds is 9. The van der Waals surface area contributed by atoms with E-state index in [1.165, 1.54) is 23.6 Å². The number of carbonyl (C=O) groups is 1. The molecule has 3 aromatic heterocycles. The summed E-state index contributed by atoms with van der Waals surface area (Å²) in [5.41, 5.74) is 3.61. The molecule has 5 aromatic rings. The molecule has 2 aromatic carbocycles. The molecule has 222 valence electrons. The first-order valence-electron chi connectivity index (χ1n) is 13.2. The van der Waals surface area contributed by atoms with E-state index in [1.54, 1.807) is 30.7 Å². The van der Waals surface area contributed by atoms with Gasteiger partial charge in [-0.05, 0) is 74.9 Å². The normalized spacial score (nSPS) is 13.5. The van der Waals surface area contributed by atoms with Gasteiger partial charge in [0.05, 0.1) is 27.5 Å². The molecule has 0 saturated heterocycles. The van der Waals surface area contributed by atoms with Crippen LogP contribution in [-0.4, -0.2) is 39.4 Å². The third-order valence-electron chi connectivity index (χ3n) is 7.42. The molecule has 0 bridgehead atoms. The van der Waals surface area contributed by atoms with Crippen LogP contribution in [0.15, 0.2) is 51.2 Å². The molecule has 0 spiro atoms. The molecule has 10 nitrogen and oxygen atoms in total. The molecule has 0 aliphatic heterocycles. The van der Waals surface area contributed by atoms with Crippen LogP contribution in [-0.2, 0) is 22.9 Å². The summed E-state index contributed by atoms with van der Waals surface area (Å²) >= 11 is 1.10. The highest BCUT2D eigenvalue weighted by atomic mass is 32.2. The van der Waals surface area contributed by atoms with Gasteiger partial charge in [0.2, 0.25) is 15.2 Å². The van der Waals surface area contributed by atoms with E-state index in [-0.39, 0.29) is 28.1 Å². The largest absolute Gasteiger partial charge is 0.476 e. The summed E-state index contributed by atoms with van der Waals surface area (Å²) in [7, 11) is -4.12. The summed E-state index contributed by atoms with van der Waals surface area (Å²) in [5.74, 6) is -1.65. The lowest BCUT2D eigenvalue weighted by molar-refractivity contribution is 0.0691. The highest BCUT2D eigenvalue weighted by Gasteiger charge is 2.30. The lowest BCUT2D eigenvalue weighted by atomic mass is 9.94. The number of carboxylic acids is 1. The van der Waals surface area contributed by atoms with E-state index in [2.05, 4.69) is 10.1 Å². The Labute approximate surface area is 248 Å². The van der Waals surface area contributed by atoms with Crippen LogP contribution in [0.1, 0.15) is 51.6 Å². The maximum atomic E-state index is 15.3. The van der Waals surface area contributed by atoms with Gasteiger partial charge in [0, 0.05) is 28.5 Å². The van der Waals surface area contributed by atoms with Gasteiger partial charge >= 0.3 is 5.97 Å². The summed E-state index contributed by atoms with van der Waals surface area (Å²) in [6, 6.07) is 7.99. The minimum Gasteiger partial charge on any atom is -0.476 e. The Morgan fingerprint density at radius 1 is 1.16 bits per heavy atom.